The van der Waals surface area contributed by atoms with Crippen molar-refractivity contribution in [2.45, 2.75) is 39.2 Å². The minimum Gasteiger partial charge on any atom is -0.381 e. The molecule has 0 N–H and O–H groups in total. The Bertz CT molecular complexity index is 175. The molecule has 0 bridgehead atoms. The number of nitrogens with zero attached hydrogens (tertiary/aromatic N) is 1. The largest absolute Gasteiger partial charge is 0.381 e. The zero-order valence-corrected chi connectivity index (χ0v) is 9.54. The van der Waals surface area contributed by atoms with Gasteiger partial charge < -0.3 is 4.74 Å². The number of likely N-dealkylation sites (tertiary alicyclic amines) is 1. The van der Waals surface area contributed by atoms with Crippen LogP contribution in [0.5, 0.6) is 0 Å². The highest BCUT2D eigenvalue weighted by Crippen LogP contribution is 2.27. The Morgan fingerprint density at radius 1 is 1.21 bits per heavy atom. The highest BCUT2D eigenvalue weighted by atomic mass is 16.5. The van der Waals surface area contributed by atoms with Crippen molar-refractivity contribution in [3.8, 4) is 0 Å². The normalized spacial score (nSPS) is 30.6. The fraction of sp³-hybridized carbons (Fsp3) is 1.00. The van der Waals surface area contributed by atoms with E-state index < -0.39 is 0 Å². The molecule has 2 heterocycles. The van der Waals surface area contributed by atoms with Crippen molar-refractivity contribution in [2.24, 2.45) is 11.8 Å². The monoisotopic (exact) mass is 197 g/mol. The molecule has 1 unspecified atom stereocenters. The van der Waals surface area contributed by atoms with Gasteiger partial charge in [0.05, 0.1) is 0 Å². The zero-order valence-electron chi connectivity index (χ0n) is 9.54. The number of ether oxygens (including phenoxy) is 1. The van der Waals surface area contributed by atoms with Gasteiger partial charge in [0.1, 0.15) is 0 Å². The van der Waals surface area contributed by atoms with Gasteiger partial charge in [-0.3, -0.25) is 4.90 Å². The molecule has 82 valence electrons. The molecule has 2 rings (SSSR count). The molecule has 14 heavy (non-hydrogen) atoms. The molecule has 2 aliphatic rings. The Hall–Kier alpha value is -0.0800. The average Bonchev–Trinajstić information content (AvgIpc) is 2.13. The zero-order chi connectivity index (χ0) is 9.97. The molecule has 0 spiro atoms. The molecular weight excluding hydrogens is 174 g/mol. The Morgan fingerprint density at radius 3 is 2.43 bits per heavy atom. The van der Waals surface area contributed by atoms with E-state index in [4.69, 9.17) is 4.74 Å². The molecule has 2 saturated heterocycles. The first-order valence-corrected chi connectivity index (χ1v) is 6.09. The lowest BCUT2D eigenvalue weighted by Gasteiger charge is -2.45. The predicted octanol–water partition coefficient (Wildman–Crippen LogP) is 2.14. The lowest BCUT2D eigenvalue weighted by Crippen LogP contribution is -2.52. The Labute approximate surface area is 87.6 Å². The second-order valence-electron chi connectivity index (χ2n) is 5.15. The number of hydrogen-bond donors (Lipinski definition) is 0. The van der Waals surface area contributed by atoms with Gasteiger partial charge in [0.2, 0.25) is 0 Å². The van der Waals surface area contributed by atoms with E-state index in [0.29, 0.717) is 0 Å². The van der Waals surface area contributed by atoms with Crippen molar-refractivity contribution in [2.75, 3.05) is 26.3 Å². The summed E-state index contributed by atoms with van der Waals surface area (Å²) < 4.78 is 5.39. The highest BCUT2D eigenvalue weighted by molar-refractivity contribution is 4.86. The second kappa shape index (κ2) is 4.63. The SMILES string of the molecule is CC(C)C1CCN1CC1CCOCC1. The summed E-state index contributed by atoms with van der Waals surface area (Å²) >= 11 is 0. The van der Waals surface area contributed by atoms with E-state index >= 15 is 0 Å². The first-order valence-electron chi connectivity index (χ1n) is 6.09. The van der Waals surface area contributed by atoms with Crippen LogP contribution in [0.25, 0.3) is 0 Å². The predicted molar refractivity (Wildman–Crippen MR) is 58.4 cm³/mol. The van der Waals surface area contributed by atoms with Crippen LogP contribution in [0.1, 0.15) is 33.1 Å². The maximum absolute atomic E-state index is 5.39. The third-order valence-corrected chi connectivity index (χ3v) is 3.78. The van der Waals surface area contributed by atoms with Crippen LogP contribution in [-0.4, -0.2) is 37.2 Å². The molecule has 0 aromatic rings. The lowest BCUT2D eigenvalue weighted by atomic mass is 9.89. The van der Waals surface area contributed by atoms with Crippen LogP contribution in [-0.2, 0) is 4.74 Å². The quantitative estimate of drug-likeness (QED) is 0.687. The summed E-state index contributed by atoms with van der Waals surface area (Å²) in [6.45, 7) is 9.34. The van der Waals surface area contributed by atoms with E-state index in [1.54, 1.807) is 0 Å². The lowest BCUT2D eigenvalue weighted by molar-refractivity contribution is 0.00527. The van der Waals surface area contributed by atoms with Gasteiger partial charge in [0, 0.05) is 25.8 Å². The maximum atomic E-state index is 5.39. The summed E-state index contributed by atoms with van der Waals surface area (Å²) in [4.78, 5) is 2.68. The van der Waals surface area contributed by atoms with E-state index in [1.807, 2.05) is 0 Å². The summed E-state index contributed by atoms with van der Waals surface area (Å²) in [5, 5.41) is 0. The van der Waals surface area contributed by atoms with Crippen LogP contribution in [0.15, 0.2) is 0 Å². The molecular formula is C12H23NO. The summed E-state index contributed by atoms with van der Waals surface area (Å²) in [6, 6.07) is 0.873. The molecule has 0 aliphatic carbocycles. The van der Waals surface area contributed by atoms with E-state index in [2.05, 4.69) is 18.7 Å². The van der Waals surface area contributed by atoms with Gasteiger partial charge in [0.25, 0.3) is 0 Å². The van der Waals surface area contributed by atoms with Crippen molar-refractivity contribution in [3.63, 3.8) is 0 Å². The summed E-state index contributed by atoms with van der Waals surface area (Å²) in [6.07, 6.45) is 3.98. The average molecular weight is 197 g/mol. The highest BCUT2D eigenvalue weighted by Gasteiger charge is 2.32. The molecule has 2 aliphatic heterocycles. The van der Waals surface area contributed by atoms with Crippen LogP contribution in [0.2, 0.25) is 0 Å². The van der Waals surface area contributed by atoms with Crippen LogP contribution in [0.3, 0.4) is 0 Å². The van der Waals surface area contributed by atoms with Crippen LogP contribution >= 0.6 is 0 Å². The van der Waals surface area contributed by atoms with Crippen LogP contribution in [0.4, 0.5) is 0 Å². The first kappa shape index (κ1) is 10.4. The van der Waals surface area contributed by atoms with Gasteiger partial charge in [0.15, 0.2) is 0 Å². The number of rotatable bonds is 3. The third-order valence-electron chi connectivity index (χ3n) is 3.78. The topological polar surface area (TPSA) is 12.5 Å². The van der Waals surface area contributed by atoms with Crippen LogP contribution in [0, 0.1) is 11.8 Å². The molecule has 0 amide bonds. The van der Waals surface area contributed by atoms with Crippen molar-refractivity contribution in [1.29, 1.82) is 0 Å². The Morgan fingerprint density at radius 2 is 1.93 bits per heavy atom. The van der Waals surface area contributed by atoms with Crippen molar-refractivity contribution < 1.29 is 4.74 Å². The van der Waals surface area contributed by atoms with E-state index in [9.17, 15) is 0 Å². The van der Waals surface area contributed by atoms with Crippen molar-refractivity contribution in [3.05, 3.63) is 0 Å². The smallest absolute Gasteiger partial charge is 0.0469 e. The van der Waals surface area contributed by atoms with Crippen LogP contribution < -0.4 is 0 Å². The maximum Gasteiger partial charge on any atom is 0.0469 e. The van der Waals surface area contributed by atoms with Gasteiger partial charge in [-0.2, -0.15) is 0 Å². The van der Waals surface area contributed by atoms with Gasteiger partial charge in [-0.1, -0.05) is 13.8 Å². The molecule has 0 aromatic carbocycles. The van der Waals surface area contributed by atoms with Crippen molar-refractivity contribution in [1.82, 2.24) is 4.90 Å². The molecule has 2 fully saturated rings. The van der Waals surface area contributed by atoms with Crippen molar-refractivity contribution >= 4 is 0 Å². The van der Waals surface area contributed by atoms with E-state index in [0.717, 1.165) is 31.1 Å². The molecule has 2 nitrogen and oxygen atoms in total. The minimum absolute atomic E-state index is 0.837. The van der Waals surface area contributed by atoms with Gasteiger partial charge in [-0.15, -0.1) is 0 Å². The third kappa shape index (κ3) is 2.29. The summed E-state index contributed by atoms with van der Waals surface area (Å²) in [5.41, 5.74) is 0. The Balaban J connectivity index is 1.74. The second-order valence-corrected chi connectivity index (χ2v) is 5.15. The first-order chi connectivity index (χ1) is 6.77. The van der Waals surface area contributed by atoms with Gasteiger partial charge in [-0.05, 0) is 37.6 Å². The minimum atomic E-state index is 0.837. The fourth-order valence-corrected chi connectivity index (χ4v) is 2.70. The molecule has 0 radical (unpaired) electrons. The standard InChI is InChI=1S/C12H23NO/c1-10(2)12-3-6-13(12)9-11-4-7-14-8-5-11/h10-12H,3-9H2,1-2H3. The van der Waals surface area contributed by atoms with Gasteiger partial charge in [-0.25, -0.2) is 0 Å². The number of hydrogen-bond acceptors (Lipinski definition) is 2. The van der Waals surface area contributed by atoms with E-state index in [-0.39, 0.29) is 0 Å². The Kier molecular flexibility index (Phi) is 3.45. The molecule has 0 aromatic heterocycles. The summed E-state index contributed by atoms with van der Waals surface area (Å²) in [5.74, 6) is 1.74. The van der Waals surface area contributed by atoms with E-state index in [1.165, 1.54) is 32.4 Å². The van der Waals surface area contributed by atoms with Gasteiger partial charge >= 0.3 is 0 Å². The summed E-state index contributed by atoms with van der Waals surface area (Å²) in [7, 11) is 0. The fourth-order valence-electron chi connectivity index (χ4n) is 2.70. The molecule has 1 atom stereocenters. The molecule has 0 saturated carbocycles. The molecule has 2 heteroatoms.